The number of hydrogen-bond acceptors (Lipinski definition) is 6. The van der Waals surface area contributed by atoms with E-state index >= 15 is 0 Å². The molecule has 2 aromatic rings. The Balaban J connectivity index is 0.000000186. The average Bonchev–Trinajstić information content (AvgIpc) is 3.16. The highest BCUT2D eigenvalue weighted by Gasteiger charge is 2.26. The molecule has 1 aliphatic rings. The molecule has 0 amide bonds. The molecule has 1 aliphatic carbocycles. The van der Waals surface area contributed by atoms with Gasteiger partial charge >= 0.3 is 5.97 Å². The number of halogens is 2. The third-order valence-corrected chi connectivity index (χ3v) is 6.39. The summed E-state index contributed by atoms with van der Waals surface area (Å²) in [5.41, 5.74) is 0.653. The molecule has 1 fully saturated rings. The fourth-order valence-electron chi connectivity index (χ4n) is 1.95. The Morgan fingerprint density at radius 3 is 1.96 bits per heavy atom. The average molecular weight is 502 g/mol. The summed E-state index contributed by atoms with van der Waals surface area (Å²) in [6, 6.07) is 7.04. The highest BCUT2D eigenvalue weighted by Crippen LogP contribution is 2.35. The van der Waals surface area contributed by atoms with Crippen molar-refractivity contribution < 1.29 is 14.7 Å². The van der Waals surface area contributed by atoms with Gasteiger partial charge in [0.15, 0.2) is 5.78 Å². The van der Waals surface area contributed by atoms with E-state index < -0.39 is 5.97 Å². The Bertz CT molecular complexity index is 902. The van der Waals surface area contributed by atoms with E-state index in [4.69, 9.17) is 15.6 Å². The van der Waals surface area contributed by atoms with Gasteiger partial charge in [0.2, 0.25) is 0 Å². The maximum atomic E-state index is 11.7. The SMILES string of the molecule is N#Cc1sc(Br)cc1C(=O)CC1CC1.N#Cc1sc(Br)cc1C(=O)O. The van der Waals surface area contributed by atoms with E-state index in [1.165, 1.54) is 30.2 Å². The van der Waals surface area contributed by atoms with Crippen LogP contribution in [-0.2, 0) is 0 Å². The third-order valence-electron chi connectivity index (χ3n) is 3.31. The number of nitriles is 2. The molecule has 1 saturated carbocycles. The molecule has 0 radical (unpaired) electrons. The summed E-state index contributed by atoms with van der Waals surface area (Å²) in [7, 11) is 0. The highest BCUT2D eigenvalue weighted by atomic mass is 79.9. The van der Waals surface area contributed by atoms with Crippen LogP contribution in [-0.4, -0.2) is 16.9 Å². The Labute approximate surface area is 168 Å². The zero-order valence-corrected chi connectivity index (χ0v) is 17.4. The predicted molar refractivity (Wildman–Crippen MR) is 102 cm³/mol. The zero-order valence-electron chi connectivity index (χ0n) is 12.6. The van der Waals surface area contributed by atoms with Crippen molar-refractivity contribution >= 4 is 66.3 Å². The van der Waals surface area contributed by atoms with Gasteiger partial charge in [0, 0.05) is 12.0 Å². The van der Waals surface area contributed by atoms with Crippen molar-refractivity contribution in [2.45, 2.75) is 19.3 Å². The lowest BCUT2D eigenvalue weighted by molar-refractivity contribution is 0.0697. The van der Waals surface area contributed by atoms with Crippen molar-refractivity contribution in [2.75, 3.05) is 0 Å². The topological polar surface area (TPSA) is 102 Å². The minimum absolute atomic E-state index is 0.0596. The molecule has 25 heavy (non-hydrogen) atoms. The summed E-state index contributed by atoms with van der Waals surface area (Å²) < 4.78 is 1.51. The van der Waals surface area contributed by atoms with E-state index in [2.05, 4.69) is 37.9 Å². The zero-order chi connectivity index (χ0) is 18.6. The second-order valence-electron chi connectivity index (χ2n) is 5.19. The van der Waals surface area contributed by atoms with Gasteiger partial charge in [-0.3, -0.25) is 4.79 Å². The Kier molecular flexibility index (Phi) is 6.91. The second kappa shape index (κ2) is 8.72. The molecule has 0 saturated heterocycles. The first kappa shape index (κ1) is 19.8. The van der Waals surface area contributed by atoms with Crippen molar-refractivity contribution in [3.05, 3.63) is 40.6 Å². The van der Waals surface area contributed by atoms with Crippen LogP contribution in [0.25, 0.3) is 0 Å². The molecule has 0 unspecified atom stereocenters. The fraction of sp³-hybridized carbons (Fsp3) is 0.250. The third kappa shape index (κ3) is 5.48. The Hall–Kier alpha value is -1.52. The second-order valence-corrected chi connectivity index (χ2v) is 10.0. The minimum atomic E-state index is -1.07. The molecule has 9 heteroatoms. The van der Waals surface area contributed by atoms with E-state index in [1.54, 1.807) is 12.1 Å². The summed E-state index contributed by atoms with van der Waals surface area (Å²) in [5, 5.41) is 25.8. The maximum Gasteiger partial charge on any atom is 0.337 e. The van der Waals surface area contributed by atoms with Crippen LogP contribution in [0.5, 0.6) is 0 Å². The lowest BCUT2D eigenvalue weighted by Gasteiger charge is -1.95. The molecule has 0 aromatic carbocycles. The predicted octanol–water partition coefficient (Wildman–Crippen LogP) is 5.45. The van der Waals surface area contributed by atoms with Crippen molar-refractivity contribution in [1.29, 1.82) is 10.5 Å². The van der Waals surface area contributed by atoms with E-state index in [-0.39, 0.29) is 16.2 Å². The molecular formula is C16H10Br2N2O3S2. The van der Waals surface area contributed by atoms with Gasteiger partial charge in [-0.1, -0.05) is 0 Å². The van der Waals surface area contributed by atoms with Gasteiger partial charge in [0.1, 0.15) is 21.9 Å². The molecule has 0 bridgehead atoms. The lowest BCUT2D eigenvalue weighted by atomic mass is 10.1. The molecule has 2 aromatic heterocycles. The smallest absolute Gasteiger partial charge is 0.337 e. The van der Waals surface area contributed by atoms with E-state index in [1.807, 2.05) is 0 Å². The number of aromatic carboxylic acids is 1. The number of carbonyl (C=O) groups is 2. The van der Waals surface area contributed by atoms with Crippen molar-refractivity contribution in [2.24, 2.45) is 5.92 Å². The van der Waals surface area contributed by atoms with Crippen LogP contribution in [0.2, 0.25) is 0 Å². The van der Waals surface area contributed by atoms with Crippen LogP contribution in [0.15, 0.2) is 19.7 Å². The number of hydrogen-bond donors (Lipinski definition) is 1. The Morgan fingerprint density at radius 1 is 1.08 bits per heavy atom. The molecule has 2 heterocycles. The van der Waals surface area contributed by atoms with E-state index in [0.29, 0.717) is 26.6 Å². The van der Waals surface area contributed by atoms with Crippen LogP contribution in [0, 0.1) is 28.6 Å². The molecule has 0 atom stereocenters. The summed E-state index contributed by atoms with van der Waals surface area (Å²) in [4.78, 5) is 22.9. The van der Waals surface area contributed by atoms with Gasteiger partial charge < -0.3 is 5.11 Å². The molecular weight excluding hydrogens is 492 g/mol. The van der Waals surface area contributed by atoms with Gasteiger partial charge in [0.05, 0.1) is 13.1 Å². The van der Waals surface area contributed by atoms with Crippen molar-refractivity contribution in [1.82, 2.24) is 0 Å². The fourth-order valence-corrected chi connectivity index (χ4v) is 4.75. The first-order valence-electron chi connectivity index (χ1n) is 7.01. The van der Waals surface area contributed by atoms with Crippen LogP contribution in [0.4, 0.5) is 0 Å². The first-order valence-corrected chi connectivity index (χ1v) is 10.2. The summed E-state index contributed by atoms with van der Waals surface area (Å²) in [6.07, 6.45) is 2.94. The van der Waals surface area contributed by atoms with E-state index in [9.17, 15) is 9.59 Å². The van der Waals surface area contributed by atoms with E-state index in [0.717, 1.165) is 15.1 Å². The molecule has 0 spiro atoms. The van der Waals surface area contributed by atoms with Crippen molar-refractivity contribution in [3.63, 3.8) is 0 Å². The van der Waals surface area contributed by atoms with Crippen LogP contribution >= 0.6 is 54.5 Å². The van der Waals surface area contributed by atoms with Crippen LogP contribution < -0.4 is 0 Å². The molecule has 128 valence electrons. The quantitative estimate of drug-likeness (QED) is 0.561. The molecule has 0 aliphatic heterocycles. The van der Waals surface area contributed by atoms with Gasteiger partial charge in [-0.2, -0.15) is 10.5 Å². The summed E-state index contributed by atoms with van der Waals surface area (Å²) in [6.45, 7) is 0. The largest absolute Gasteiger partial charge is 0.478 e. The number of nitrogens with zero attached hydrogens (tertiary/aromatic N) is 2. The minimum Gasteiger partial charge on any atom is -0.478 e. The van der Waals surface area contributed by atoms with Gasteiger partial charge in [-0.15, -0.1) is 22.7 Å². The number of ketones is 1. The van der Waals surface area contributed by atoms with Crippen molar-refractivity contribution in [3.8, 4) is 12.1 Å². The first-order chi connectivity index (χ1) is 11.8. The Morgan fingerprint density at radius 2 is 1.56 bits per heavy atom. The van der Waals surface area contributed by atoms with Crippen LogP contribution in [0.1, 0.15) is 49.7 Å². The molecule has 5 nitrogen and oxygen atoms in total. The maximum absolute atomic E-state index is 11.7. The summed E-state index contributed by atoms with van der Waals surface area (Å²) in [5.74, 6) is -0.373. The number of thiophene rings is 2. The van der Waals surface area contributed by atoms with Gasteiger partial charge in [0.25, 0.3) is 0 Å². The standard InChI is InChI=1S/C10H8BrNOS.C6H2BrNO2S/c11-10-4-7(9(5-12)14-10)8(13)3-6-1-2-6;7-5-1-3(6(9)10)4(2-8)11-5/h4,6H,1-3H2;1H,(H,9,10). The number of carbonyl (C=O) groups excluding carboxylic acids is 1. The monoisotopic (exact) mass is 500 g/mol. The highest BCUT2D eigenvalue weighted by molar-refractivity contribution is 9.11. The molecule has 1 N–H and O–H groups in total. The number of carboxylic acids is 1. The van der Waals surface area contributed by atoms with Gasteiger partial charge in [-0.25, -0.2) is 4.79 Å². The summed E-state index contributed by atoms with van der Waals surface area (Å²) >= 11 is 8.83. The number of rotatable bonds is 4. The number of carboxylic acid groups (broad SMARTS) is 1. The normalized spacial score (nSPS) is 12.5. The lowest BCUT2D eigenvalue weighted by Crippen LogP contribution is -1.99. The van der Waals surface area contributed by atoms with Crippen LogP contribution in [0.3, 0.4) is 0 Å². The van der Waals surface area contributed by atoms with Gasteiger partial charge in [-0.05, 0) is 62.8 Å². The molecule has 3 rings (SSSR count). The number of Topliss-reactive ketones (excluding diaryl/α,β-unsaturated/α-hetero) is 1.